The number of piperidine rings is 1. The van der Waals surface area contributed by atoms with Gasteiger partial charge in [-0.25, -0.2) is 0 Å². The number of hydrogen-bond acceptors (Lipinski definition) is 4. The lowest BCUT2D eigenvalue weighted by atomic mass is 10.1. The number of benzene rings is 1. The molecule has 3 N–H and O–H groups in total. The molecular formula is C23H34IN5O2. The van der Waals surface area contributed by atoms with Crippen LogP contribution in [-0.4, -0.2) is 50.0 Å². The molecule has 0 radical (unpaired) electrons. The Kier molecular flexibility index (Phi) is 10.9. The number of guanidine groups is 1. The standard InChI is InChI=1S/C23H33N5O2.HI/c1-3-25-22(29)19-10-7-9-18(15-19)16-26-23(24-2)27-17-20(21-11-8-14-30-21)28-12-5-4-6-13-28;/h7-11,14-15,20H,3-6,12-13,16-17H2,1-2H3,(H,25,29)(H2,24,26,27);1H. The van der Waals surface area contributed by atoms with Crippen LogP contribution in [0.5, 0.6) is 0 Å². The molecule has 1 saturated heterocycles. The second-order valence-corrected chi connectivity index (χ2v) is 7.49. The summed E-state index contributed by atoms with van der Waals surface area (Å²) >= 11 is 0. The summed E-state index contributed by atoms with van der Waals surface area (Å²) in [5.41, 5.74) is 1.70. The van der Waals surface area contributed by atoms with Crippen LogP contribution in [-0.2, 0) is 6.54 Å². The molecule has 8 heteroatoms. The highest BCUT2D eigenvalue weighted by molar-refractivity contribution is 14.0. The molecule has 1 aliphatic heterocycles. The largest absolute Gasteiger partial charge is 0.468 e. The fourth-order valence-electron chi connectivity index (χ4n) is 3.81. The Bertz CT molecular complexity index is 819. The topological polar surface area (TPSA) is 81.9 Å². The maximum Gasteiger partial charge on any atom is 0.251 e. The number of nitrogens with one attached hydrogen (secondary N) is 3. The Morgan fingerprint density at radius 1 is 1.13 bits per heavy atom. The van der Waals surface area contributed by atoms with Gasteiger partial charge in [-0.1, -0.05) is 18.6 Å². The number of halogens is 1. The highest BCUT2D eigenvalue weighted by Crippen LogP contribution is 2.24. The van der Waals surface area contributed by atoms with Crippen molar-refractivity contribution >= 4 is 35.8 Å². The second-order valence-electron chi connectivity index (χ2n) is 7.49. The van der Waals surface area contributed by atoms with E-state index in [1.807, 2.05) is 43.3 Å². The molecule has 0 saturated carbocycles. The zero-order chi connectivity index (χ0) is 21.2. The van der Waals surface area contributed by atoms with Gasteiger partial charge in [-0.15, -0.1) is 24.0 Å². The van der Waals surface area contributed by atoms with Crippen molar-refractivity contribution in [1.82, 2.24) is 20.9 Å². The van der Waals surface area contributed by atoms with Gasteiger partial charge in [0.05, 0.1) is 12.3 Å². The number of likely N-dealkylation sites (tertiary alicyclic amines) is 1. The minimum absolute atomic E-state index is 0. The number of carbonyl (C=O) groups excluding carboxylic acids is 1. The molecule has 0 spiro atoms. The normalized spacial score (nSPS) is 15.6. The van der Waals surface area contributed by atoms with Crippen LogP contribution < -0.4 is 16.0 Å². The zero-order valence-corrected chi connectivity index (χ0v) is 20.7. The summed E-state index contributed by atoms with van der Waals surface area (Å²) in [6, 6.07) is 11.8. The molecule has 1 atom stereocenters. The zero-order valence-electron chi connectivity index (χ0n) is 18.4. The SMILES string of the molecule is CCNC(=O)c1cccc(CNC(=NC)NCC(c2ccco2)N2CCCCC2)c1.I. The lowest BCUT2D eigenvalue weighted by Crippen LogP contribution is -2.44. The average molecular weight is 539 g/mol. The van der Waals surface area contributed by atoms with Crippen molar-refractivity contribution in [2.75, 3.05) is 33.2 Å². The Balaban J connectivity index is 0.00000341. The number of rotatable bonds is 8. The van der Waals surface area contributed by atoms with Gasteiger partial charge in [-0.05, 0) is 62.7 Å². The van der Waals surface area contributed by atoms with E-state index >= 15 is 0 Å². The van der Waals surface area contributed by atoms with Crippen LogP contribution in [0.2, 0.25) is 0 Å². The van der Waals surface area contributed by atoms with E-state index in [4.69, 9.17) is 4.42 Å². The molecule has 0 aliphatic carbocycles. The molecule has 1 aromatic carbocycles. The first kappa shape index (κ1) is 25.2. The third kappa shape index (κ3) is 7.53. The Hall–Kier alpha value is -2.07. The Morgan fingerprint density at radius 3 is 2.61 bits per heavy atom. The molecule has 7 nitrogen and oxygen atoms in total. The first-order valence-electron chi connectivity index (χ1n) is 10.8. The Morgan fingerprint density at radius 2 is 1.94 bits per heavy atom. The molecule has 1 unspecified atom stereocenters. The van der Waals surface area contributed by atoms with E-state index in [1.165, 1.54) is 19.3 Å². The molecule has 2 heterocycles. The maximum atomic E-state index is 12.1. The number of hydrogen-bond donors (Lipinski definition) is 3. The highest BCUT2D eigenvalue weighted by Gasteiger charge is 2.24. The fraction of sp³-hybridized carbons (Fsp3) is 0.478. The van der Waals surface area contributed by atoms with Gasteiger partial charge in [-0.2, -0.15) is 0 Å². The molecule has 0 bridgehead atoms. The number of amides is 1. The van der Waals surface area contributed by atoms with E-state index in [1.54, 1.807) is 13.3 Å². The van der Waals surface area contributed by atoms with E-state index in [2.05, 4.69) is 25.8 Å². The minimum atomic E-state index is -0.0512. The van der Waals surface area contributed by atoms with Crippen molar-refractivity contribution in [2.24, 2.45) is 4.99 Å². The van der Waals surface area contributed by atoms with Crippen LogP contribution in [0.3, 0.4) is 0 Å². The maximum absolute atomic E-state index is 12.1. The van der Waals surface area contributed by atoms with Crippen LogP contribution in [0.4, 0.5) is 0 Å². The number of aliphatic imine (C=N–C) groups is 1. The van der Waals surface area contributed by atoms with Crippen LogP contribution >= 0.6 is 24.0 Å². The number of carbonyl (C=O) groups is 1. The molecule has 1 amide bonds. The highest BCUT2D eigenvalue weighted by atomic mass is 127. The molecule has 1 aliphatic rings. The van der Waals surface area contributed by atoms with Crippen molar-refractivity contribution in [3.63, 3.8) is 0 Å². The van der Waals surface area contributed by atoms with Gasteiger partial charge in [-0.3, -0.25) is 14.7 Å². The molecule has 31 heavy (non-hydrogen) atoms. The van der Waals surface area contributed by atoms with Gasteiger partial charge in [0.1, 0.15) is 5.76 Å². The monoisotopic (exact) mass is 539 g/mol. The molecule has 1 aromatic heterocycles. The van der Waals surface area contributed by atoms with Crippen LogP contribution in [0.25, 0.3) is 0 Å². The third-order valence-corrected chi connectivity index (χ3v) is 5.38. The van der Waals surface area contributed by atoms with E-state index < -0.39 is 0 Å². The fourth-order valence-corrected chi connectivity index (χ4v) is 3.81. The van der Waals surface area contributed by atoms with Gasteiger partial charge in [0, 0.05) is 32.2 Å². The lowest BCUT2D eigenvalue weighted by Gasteiger charge is -2.33. The second kappa shape index (κ2) is 13.4. The molecular weight excluding hydrogens is 505 g/mol. The first-order chi connectivity index (χ1) is 14.7. The van der Waals surface area contributed by atoms with Crippen molar-refractivity contribution in [1.29, 1.82) is 0 Å². The lowest BCUT2D eigenvalue weighted by molar-refractivity contribution is 0.0955. The van der Waals surface area contributed by atoms with Crippen LogP contribution in [0, 0.1) is 0 Å². The predicted molar refractivity (Wildman–Crippen MR) is 135 cm³/mol. The predicted octanol–water partition coefficient (Wildman–Crippen LogP) is 3.54. The number of furan rings is 1. The summed E-state index contributed by atoms with van der Waals surface area (Å²) in [4.78, 5) is 18.9. The quantitative estimate of drug-likeness (QED) is 0.272. The Labute approximate surface area is 202 Å². The van der Waals surface area contributed by atoms with E-state index in [0.29, 0.717) is 25.2 Å². The van der Waals surface area contributed by atoms with Crippen molar-refractivity contribution in [3.8, 4) is 0 Å². The van der Waals surface area contributed by atoms with Crippen LogP contribution in [0.15, 0.2) is 52.1 Å². The van der Waals surface area contributed by atoms with E-state index in [-0.39, 0.29) is 35.9 Å². The van der Waals surface area contributed by atoms with Crippen molar-refractivity contribution in [3.05, 3.63) is 59.5 Å². The van der Waals surface area contributed by atoms with Gasteiger partial charge in [0.2, 0.25) is 0 Å². The van der Waals surface area contributed by atoms with Crippen LogP contribution in [0.1, 0.15) is 53.9 Å². The molecule has 3 rings (SSSR count). The van der Waals surface area contributed by atoms with Crippen molar-refractivity contribution in [2.45, 2.75) is 38.8 Å². The number of nitrogens with zero attached hydrogens (tertiary/aromatic N) is 2. The third-order valence-electron chi connectivity index (χ3n) is 5.38. The molecule has 170 valence electrons. The van der Waals surface area contributed by atoms with Gasteiger partial charge in [0.25, 0.3) is 5.91 Å². The molecule has 2 aromatic rings. The smallest absolute Gasteiger partial charge is 0.251 e. The summed E-state index contributed by atoms with van der Waals surface area (Å²) in [5.74, 6) is 1.66. The minimum Gasteiger partial charge on any atom is -0.468 e. The van der Waals surface area contributed by atoms with Gasteiger partial charge >= 0.3 is 0 Å². The van der Waals surface area contributed by atoms with E-state index in [0.717, 1.165) is 30.4 Å². The molecule has 1 fully saturated rings. The summed E-state index contributed by atoms with van der Waals surface area (Å²) in [6.07, 6.45) is 5.49. The first-order valence-corrected chi connectivity index (χ1v) is 10.8. The van der Waals surface area contributed by atoms with Gasteiger partial charge < -0.3 is 20.4 Å². The van der Waals surface area contributed by atoms with Crippen molar-refractivity contribution < 1.29 is 9.21 Å². The van der Waals surface area contributed by atoms with Gasteiger partial charge in [0.15, 0.2) is 5.96 Å². The van der Waals surface area contributed by atoms with E-state index in [9.17, 15) is 4.79 Å². The summed E-state index contributed by atoms with van der Waals surface area (Å²) in [6.45, 7) is 6.01. The summed E-state index contributed by atoms with van der Waals surface area (Å²) in [7, 11) is 1.77. The summed E-state index contributed by atoms with van der Waals surface area (Å²) in [5, 5.41) is 9.62. The average Bonchev–Trinajstić information content (AvgIpc) is 3.32. The summed E-state index contributed by atoms with van der Waals surface area (Å²) < 4.78 is 5.72.